The van der Waals surface area contributed by atoms with Gasteiger partial charge in [-0.3, -0.25) is 9.36 Å². The van der Waals surface area contributed by atoms with Gasteiger partial charge in [0, 0.05) is 36.3 Å². The van der Waals surface area contributed by atoms with E-state index in [2.05, 4.69) is 10.3 Å². The molecule has 2 N–H and O–H groups in total. The van der Waals surface area contributed by atoms with E-state index >= 15 is 0 Å². The third-order valence-corrected chi connectivity index (χ3v) is 6.82. The van der Waals surface area contributed by atoms with Crippen LogP contribution in [0, 0.1) is 5.92 Å². The zero-order valence-electron chi connectivity index (χ0n) is 19.9. The van der Waals surface area contributed by atoms with Gasteiger partial charge in [0.15, 0.2) is 0 Å². The minimum absolute atomic E-state index is 0.0117. The first-order valence-corrected chi connectivity index (χ1v) is 11.9. The molecule has 1 aromatic carbocycles. The second kappa shape index (κ2) is 9.62. The summed E-state index contributed by atoms with van der Waals surface area (Å²) in [7, 11) is 1.30. The van der Waals surface area contributed by atoms with E-state index in [1.807, 2.05) is 0 Å². The van der Waals surface area contributed by atoms with Crippen LogP contribution in [0.3, 0.4) is 0 Å². The summed E-state index contributed by atoms with van der Waals surface area (Å²) in [5.41, 5.74) is -1.05. The molecule has 2 aromatic rings. The smallest absolute Gasteiger partial charge is 0.395 e. The van der Waals surface area contributed by atoms with Crippen molar-refractivity contribution in [1.29, 1.82) is 0 Å². The van der Waals surface area contributed by atoms with Crippen LogP contribution >= 0.6 is 11.6 Å². The normalized spacial score (nSPS) is 20.2. The molecule has 1 fully saturated rings. The van der Waals surface area contributed by atoms with Crippen LogP contribution in [0.25, 0.3) is 5.57 Å². The summed E-state index contributed by atoms with van der Waals surface area (Å²) in [6.45, 7) is 1.04. The first kappa shape index (κ1) is 26.9. The summed E-state index contributed by atoms with van der Waals surface area (Å²) in [4.78, 5) is 30.6. The van der Waals surface area contributed by atoms with Gasteiger partial charge in [0.2, 0.25) is 5.95 Å². The number of piperidine rings is 1. The molecule has 0 spiro atoms. The fourth-order valence-electron chi connectivity index (χ4n) is 4.74. The van der Waals surface area contributed by atoms with E-state index in [-0.39, 0.29) is 58.4 Å². The van der Waals surface area contributed by atoms with Gasteiger partial charge in [-0.2, -0.15) is 13.2 Å². The Labute approximate surface area is 213 Å². The molecule has 0 radical (unpaired) electrons. The molecule has 1 unspecified atom stereocenters. The van der Waals surface area contributed by atoms with Crippen LogP contribution in [0.5, 0.6) is 0 Å². The Bertz CT molecular complexity index is 1320. The predicted octanol–water partition coefficient (Wildman–Crippen LogP) is 4.99. The number of nitrogens with one attached hydrogen (secondary N) is 1. The maximum atomic E-state index is 14.1. The van der Waals surface area contributed by atoms with Gasteiger partial charge in [0.25, 0.3) is 11.5 Å². The van der Waals surface area contributed by atoms with E-state index in [0.29, 0.717) is 0 Å². The number of aromatic carboxylic acids is 1. The summed E-state index contributed by atoms with van der Waals surface area (Å²) in [5, 5.41) is 12.6. The monoisotopic (exact) mass is 546 g/mol. The Morgan fingerprint density at radius 3 is 2.65 bits per heavy atom. The van der Waals surface area contributed by atoms with Crippen LogP contribution in [0.1, 0.15) is 41.4 Å². The highest BCUT2D eigenvalue weighted by Gasteiger charge is 2.43. The number of halogens is 6. The Morgan fingerprint density at radius 2 is 2.03 bits per heavy atom. The maximum absolute atomic E-state index is 14.1. The summed E-state index contributed by atoms with van der Waals surface area (Å²) in [5.74, 6) is -6.35. The number of carboxylic acids is 1. The molecular formula is C24H24ClF5N4O3. The zero-order valence-corrected chi connectivity index (χ0v) is 20.6. The Kier molecular flexibility index (Phi) is 7.00. The van der Waals surface area contributed by atoms with Crippen LogP contribution in [0.15, 0.2) is 29.1 Å². The van der Waals surface area contributed by atoms with Gasteiger partial charge in [-0.05, 0) is 43.5 Å². The first-order valence-electron chi connectivity index (χ1n) is 11.5. The zero-order chi connectivity index (χ0) is 27.3. The number of carbonyl (C=O) groups is 1. The van der Waals surface area contributed by atoms with Crippen molar-refractivity contribution >= 4 is 34.8 Å². The molecule has 1 aliphatic heterocycles. The number of fused-ring (bicyclic) bond motifs is 1. The number of alkyl halides is 5. The lowest BCUT2D eigenvalue weighted by molar-refractivity contribution is -0.161. The molecule has 0 saturated carbocycles. The van der Waals surface area contributed by atoms with Crippen LogP contribution in [0.4, 0.5) is 33.6 Å². The van der Waals surface area contributed by atoms with E-state index in [4.69, 9.17) is 11.6 Å². The molecule has 0 bridgehead atoms. The van der Waals surface area contributed by atoms with Gasteiger partial charge in [-0.1, -0.05) is 17.7 Å². The van der Waals surface area contributed by atoms with Crippen molar-refractivity contribution in [2.45, 2.75) is 44.3 Å². The average Bonchev–Trinajstić information content (AvgIpc) is 2.80. The minimum atomic E-state index is -4.66. The first-order chi connectivity index (χ1) is 17.2. The van der Waals surface area contributed by atoms with Crippen molar-refractivity contribution in [3.05, 3.63) is 56.5 Å². The number of anilines is 2. The molecule has 13 heteroatoms. The lowest BCUT2D eigenvalue weighted by Gasteiger charge is -2.35. The highest BCUT2D eigenvalue weighted by molar-refractivity contribution is 6.31. The third kappa shape index (κ3) is 5.43. The molecule has 2 aliphatic rings. The van der Waals surface area contributed by atoms with Crippen LogP contribution in [-0.4, -0.2) is 51.9 Å². The summed E-state index contributed by atoms with van der Waals surface area (Å²) in [6.07, 6.45) is -4.50. The topological polar surface area (TPSA) is 87.5 Å². The van der Waals surface area contributed by atoms with Gasteiger partial charge in [0.1, 0.15) is 0 Å². The second-order valence-corrected chi connectivity index (χ2v) is 9.76. The van der Waals surface area contributed by atoms with Crippen molar-refractivity contribution in [3.63, 3.8) is 0 Å². The van der Waals surface area contributed by atoms with Gasteiger partial charge < -0.3 is 15.3 Å². The lowest BCUT2D eigenvalue weighted by Crippen LogP contribution is -2.46. The van der Waals surface area contributed by atoms with E-state index in [0.717, 1.165) is 10.6 Å². The quantitative estimate of drug-likeness (QED) is 0.514. The minimum Gasteiger partial charge on any atom is -0.478 e. The van der Waals surface area contributed by atoms with Gasteiger partial charge in [-0.25, -0.2) is 18.6 Å². The van der Waals surface area contributed by atoms with Crippen LogP contribution < -0.4 is 15.8 Å². The van der Waals surface area contributed by atoms with Crippen LogP contribution in [-0.2, 0) is 13.5 Å². The fourth-order valence-corrected chi connectivity index (χ4v) is 4.92. The van der Waals surface area contributed by atoms with E-state index in [1.165, 1.54) is 37.1 Å². The number of allylic oxidation sites excluding steroid dienone is 1. The predicted molar refractivity (Wildman–Crippen MR) is 129 cm³/mol. The molecule has 200 valence electrons. The number of carboxylic acid groups (broad SMARTS) is 1. The van der Waals surface area contributed by atoms with E-state index < -0.39 is 48.6 Å². The van der Waals surface area contributed by atoms with Gasteiger partial charge in [0.05, 0.1) is 29.8 Å². The molecule has 0 amide bonds. The molecule has 1 saturated heterocycles. The molecule has 37 heavy (non-hydrogen) atoms. The van der Waals surface area contributed by atoms with Gasteiger partial charge in [-0.15, -0.1) is 0 Å². The van der Waals surface area contributed by atoms with Crippen molar-refractivity contribution < 1.29 is 31.9 Å². The maximum Gasteiger partial charge on any atom is 0.395 e. The summed E-state index contributed by atoms with van der Waals surface area (Å²) in [6, 6.07) is 3.07. The molecule has 2 heterocycles. The molecular weight excluding hydrogens is 523 g/mol. The largest absolute Gasteiger partial charge is 0.478 e. The van der Waals surface area contributed by atoms with Crippen molar-refractivity contribution in [3.8, 4) is 0 Å². The number of rotatable bonds is 5. The fraction of sp³-hybridized carbons (Fsp3) is 0.458. The number of nitrogens with zero attached hydrogens (tertiary/aromatic N) is 3. The highest BCUT2D eigenvalue weighted by atomic mass is 35.5. The van der Waals surface area contributed by atoms with Crippen LogP contribution in [0.2, 0.25) is 5.02 Å². The molecule has 7 nitrogen and oxygen atoms in total. The average molecular weight is 547 g/mol. The number of aromatic nitrogens is 2. The molecule has 1 aromatic heterocycles. The van der Waals surface area contributed by atoms with E-state index in [1.54, 1.807) is 0 Å². The second-order valence-electron chi connectivity index (χ2n) is 9.32. The van der Waals surface area contributed by atoms with Crippen molar-refractivity contribution in [2.75, 3.05) is 23.3 Å². The number of hydrogen-bond donors (Lipinski definition) is 2. The van der Waals surface area contributed by atoms with Gasteiger partial charge >= 0.3 is 12.1 Å². The van der Waals surface area contributed by atoms with Crippen molar-refractivity contribution in [1.82, 2.24) is 9.55 Å². The Hall–Kier alpha value is -3.15. The third-order valence-electron chi connectivity index (χ3n) is 6.59. The number of benzene rings is 1. The Morgan fingerprint density at radius 1 is 1.32 bits per heavy atom. The molecule has 1 aliphatic carbocycles. The Balaban J connectivity index is 1.82. The summed E-state index contributed by atoms with van der Waals surface area (Å²) < 4.78 is 70.7. The summed E-state index contributed by atoms with van der Waals surface area (Å²) >= 11 is 5.89. The lowest BCUT2D eigenvalue weighted by atomic mass is 9.85. The van der Waals surface area contributed by atoms with E-state index in [9.17, 15) is 36.6 Å². The molecule has 2 atom stereocenters. The number of hydrogen-bond acceptors (Lipinski definition) is 5. The molecule has 4 rings (SSSR count). The van der Waals surface area contributed by atoms with Crippen molar-refractivity contribution in [2.24, 2.45) is 13.0 Å². The highest BCUT2D eigenvalue weighted by Crippen LogP contribution is 2.39. The standard InChI is InChI=1S/C24H24ClF5N4O3/c1-12(31-18-5-4-14(25)10-16(18)21(36)37)15-8-13(24(28,29)30)9-17-19(15)32-22(33(2)20(17)35)34-7-3-6-23(26,27)11-34/h4-5,8,10,12-13,31H,3,6-7,9,11H2,1-2H3,(H,36,37)/t12-,13?/m1/s1. The SMILES string of the molecule is C[C@@H](Nc1ccc(Cl)cc1C(=O)O)C1=CC(C(F)(F)F)Cc2c1nc(N1CCCC(F)(F)C1)n(C)c2=O.